The van der Waals surface area contributed by atoms with Crippen molar-refractivity contribution in [2.75, 3.05) is 5.32 Å². The first-order valence-electron chi connectivity index (χ1n) is 13.6. The number of rotatable bonds is 6. The van der Waals surface area contributed by atoms with Crippen LogP contribution < -0.4 is 10.1 Å². The summed E-state index contributed by atoms with van der Waals surface area (Å²) in [6, 6.07) is 27.8. The van der Waals surface area contributed by atoms with Crippen LogP contribution in [0, 0.1) is 26.7 Å². The van der Waals surface area contributed by atoms with Crippen LogP contribution in [0.25, 0.3) is 0 Å². The second-order valence-corrected chi connectivity index (χ2v) is 11.3. The molecule has 4 heteroatoms. The molecule has 1 N–H and O–H groups in total. The van der Waals surface area contributed by atoms with Gasteiger partial charge >= 0.3 is 0 Å². The highest BCUT2D eigenvalue weighted by molar-refractivity contribution is 6.30. The third kappa shape index (κ3) is 5.51. The van der Waals surface area contributed by atoms with Gasteiger partial charge in [-0.25, -0.2) is 0 Å². The lowest BCUT2D eigenvalue weighted by atomic mass is 9.76. The molecule has 0 fully saturated rings. The lowest BCUT2D eigenvalue weighted by Crippen LogP contribution is -2.29. The zero-order valence-corrected chi connectivity index (χ0v) is 23.4. The van der Waals surface area contributed by atoms with Gasteiger partial charge in [-0.3, -0.25) is 4.99 Å². The summed E-state index contributed by atoms with van der Waals surface area (Å²) in [5.41, 5.74) is 10.6. The lowest BCUT2D eigenvalue weighted by molar-refractivity contribution is 0.305. The number of fused-ring (bicyclic) bond motifs is 3. The molecule has 1 aliphatic heterocycles. The van der Waals surface area contributed by atoms with E-state index in [1.165, 1.54) is 33.5 Å². The second kappa shape index (κ2) is 10.7. The van der Waals surface area contributed by atoms with Crippen molar-refractivity contribution >= 4 is 29.2 Å². The fraction of sp³-hybridized carbons (Fsp3) is 0.229. The smallest absolute Gasteiger partial charge is 0.128 e. The van der Waals surface area contributed by atoms with E-state index in [4.69, 9.17) is 21.3 Å². The van der Waals surface area contributed by atoms with Crippen molar-refractivity contribution in [2.45, 2.75) is 45.8 Å². The van der Waals surface area contributed by atoms with E-state index in [9.17, 15) is 0 Å². The second-order valence-electron chi connectivity index (χ2n) is 10.9. The maximum atomic E-state index is 6.32. The zero-order chi connectivity index (χ0) is 26.9. The van der Waals surface area contributed by atoms with Crippen molar-refractivity contribution in [3.05, 3.63) is 135 Å². The fourth-order valence-corrected chi connectivity index (χ4v) is 6.20. The van der Waals surface area contributed by atoms with E-state index in [0.717, 1.165) is 29.0 Å². The van der Waals surface area contributed by atoms with Crippen molar-refractivity contribution in [3.8, 4) is 5.75 Å². The molecule has 4 aromatic carbocycles. The molecule has 3 nitrogen and oxygen atoms in total. The molecule has 39 heavy (non-hydrogen) atoms. The number of hydrogen-bond donors (Lipinski definition) is 1. The highest BCUT2D eigenvalue weighted by Crippen LogP contribution is 2.50. The number of hydrogen-bond acceptors (Lipinski definition) is 3. The van der Waals surface area contributed by atoms with Gasteiger partial charge in [0.2, 0.25) is 0 Å². The van der Waals surface area contributed by atoms with Gasteiger partial charge in [0.25, 0.3) is 0 Å². The molecule has 0 unspecified atom stereocenters. The van der Waals surface area contributed by atoms with Crippen LogP contribution in [0.2, 0.25) is 5.02 Å². The summed E-state index contributed by atoms with van der Waals surface area (Å²) in [6.45, 7) is 6.88. The van der Waals surface area contributed by atoms with E-state index < -0.39 is 0 Å². The van der Waals surface area contributed by atoms with E-state index in [1.807, 2.05) is 24.4 Å². The molecular weight excluding hydrogens is 500 g/mol. The Bertz CT molecular complexity index is 1550. The number of allylic oxidation sites excluding steroid dienone is 2. The summed E-state index contributed by atoms with van der Waals surface area (Å²) < 4.78 is 6.19. The molecule has 6 rings (SSSR count). The van der Waals surface area contributed by atoms with Crippen molar-refractivity contribution < 1.29 is 4.74 Å². The van der Waals surface area contributed by atoms with Crippen molar-refractivity contribution in [3.63, 3.8) is 0 Å². The third-order valence-electron chi connectivity index (χ3n) is 7.77. The van der Waals surface area contributed by atoms with Crippen molar-refractivity contribution in [2.24, 2.45) is 10.9 Å². The van der Waals surface area contributed by atoms with Crippen LogP contribution in [0.5, 0.6) is 5.75 Å². The van der Waals surface area contributed by atoms with Gasteiger partial charge < -0.3 is 10.1 Å². The topological polar surface area (TPSA) is 33.6 Å². The van der Waals surface area contributed by atoms with Crippen molar-refractivity contribution in [1.29, 1.82) is 0 Å². The standard InChI is InChI=1S/C35H33ClN2O/c1-22-7-13-33-32(18-22)30-5-4-6-31(30)35(38-33)26-8-11-29(12-9-26)37-20-27-19-28(36)10-14-34(27)39-21-25-16-23(2)15-24(3)17-25/h4-5,7-20,30-31,35,38H,6,21H2,1-3H3/t30-,31-,35+/m1/s1. The maximum Gasteiger partial charge on any atom is 0.128 e. The Kier molecular flexibility index (Phi) is 7.01. The first-order valence-corrected chi connectivity index (χ1v) is 14.0. The minimum absolute atomic E-state index is 0.274. The largest absolute Gasteiger partial charge is 0.488 e. The average molecular weight is 533 g/mol. The Morgan fingerprint density at radius 1 is 0.897 bits per heavy atom. The summed E-state index contributed by atoms with van der Waals surface area (Å²) in [7, 11) is 0. The molecule has 3 atom stereocenters. The average Bonchev–Trinajstić information content (AvgIpc) is 3.41. The molecule has 0 bridgehead atoms. The Hall–Kier alpha value is -3.82. The summed E-state index contributed by atoms with van der Waals surface area (Å²) >= 11 is 6.32. The first-order chi connectivity index (χ1) is 18.9. The van der Waals surface area contributed by atoms with Gasteiger partial charge in [-0.2, -0.15) is 0 Å². The molecule has 1 aliphatic carbocycles. The number of anilines is 1. The van der Waals surface area contributed by atoms with Crippen molar-refractivity contribution in [1.82, 2.24) is 0 Å². The van der Waals surface area contributed by atoms with Crippen LogP contribution in [-0.4, -0.2) is 6.21 Å². The number of benzene rings is 4. The van der Waals surface area contributed by atoms with Gasteiger partial charge in [0.15, 0.2) is 0 Å². The van der Waals surface area contributed by atoms with Crippen LogP contribution in [0.4, 0.5) is 11.4 Å². The van der Waals surface area contributed by atoms with Gasteiger partial charge in [0.1, 0.15) is 12.4 Å². The SMILES string of the molecule is Cc1cc(C)cc(COc2ccc(Cl)cc2C=Nc2ccc([C@@H]3Nc4ccc(C)cc4[C@@H]4C=CC[C@H]43)cc2)c1. The molecule has 0 spiro atoms. The molecule has 0 saturated heterocycles. The minimum Gasteiger partial charge on any atom is -0.488 e. The summed E-state index contributed by atoms with van der Waals surface area (Å²) in [4.78, 5) is 4.76. The Balaban J connectivity index is 1.19. The fourth-order valence-electron chi connectivity index (χ4n) is 6.02. The molecule has 196 valence electrons. The third-order valence-corrected chi connectivity index (χ3v) is 8.01. The van der Waals surface area contributed by atoms with E-state index in [-0.39, 0.29) is 6.04 Å². The van der Waals surface area contributed by atoms with Gasteiger partial charge in [-0.1, -0.05) is 82.9 Å². The van der Waals surface area contributed by atoms with Crippen LogP contribution in [0.1, 0.15) is 57.3 Å². The van der Waals surface area contributed by atoms with Crippen LogP contribution >= 0.6 is 11.6 Å². The summed E-state index contributed by atoms with van der Waals surface area (Å²) in [6.07, 6.45) is 7.66. The van der Waals surface area contributed by atoms with Crippen LogP contribution in [-0.2, 0) is 6.61 Å². The Morgan fingerprint density at radius 2 is 1.69 bits per heavy atom. The quantitative estimate of drug-likeness (QED) is 0.198. The molecule has 0 saturated carbocycles. The highest BCUT2D eigenvalue weighted by atomic mass is 35.5. The number of halogens is 1. The van der Waals surface area contributed by atoms with Gasteiger partial charge in [-0.05, 0) is 86.2 Å². The summed E-state index contributed by atoms with van der Waals surface area (Å²) in [5.74, 6) is 1.75. The molecule has 0 amide bonds. The van der Waals surface area contributed by atoms with E-state index >= 15 is 0 Å². The van der Waals surface area contributed by atoms with E-state index in [0.29, 0.717) is 23.5 Å². The molecule has 2 aliphatic rings. The molecular formula is C35H33ClN2O. The number of aryl methyl sites for hydroxylation is 3. The normalized spacial score (nSPS) is 19.5. The first kappa shape index (κ1) is 25.5. The molecule has 0 radical (unpaired) electrons. The Morgan fingerprint density at radius 3 is 2.49 bits per heavy atom. The van der Waals surface area contributed by atoms with Gasteiger partial charge in [0.05, 0.1) is 11.7 Å². The Labute approximate surface area is 236 Å². The monoisotopic (exact) mass is 532 g/mol. The molecule has 0 aromatic heterocycles. The number of nitrogens with one attached hydrogen (secondary N) is 1. The minimum atomic E-state index is 0.274. The predicted molar refractivity (Wildman–Crippen MR) is 163 cm³/mol. The van der Waals surface area contributed by atoms with Gasteiger partial charge in [-0.15, -0.1) is 0 Å². The molecule has 4 aromatic rings. The number of nitrogens with zero attached hydrogens (tertiary/aromatic N) is 1. The zero-order valence-electron chi connectivity index (χ0n) is 22.6. The summed E-state index contributed by atoms with van der Waals surface area (Å²) in [5, 5.41) is 4.48. The van der Waals surface area contributed by atoms with Crippen LogP contribution in [0.3, 0.4) is 0 Å². The van der Waals surface area contributed by atoms with E-state index in [2.05, 4.69) is 98.9 Å². The molecule has 1 heterocycles. The van der Waals surface area contributed by atoms with Crippen LogP contribution in [0.15, 0.2) is 96.0 Å². The van der Waals surface area contributed by atoms with Gasteiger partial charge in [0, 0.05) is 28.4 Å². The van der Waals surface area contributed by atoms with E-state index in [1.54, 1.807) is 0 Å². The highest BCUT2D eigenvalue weighted by Gasteiger charge is 2.37. The number of ether oxygens (including phenoxy) is 1. The number of aliphatic imine (C=N–C) groups is 1. The lowest BCUT2D eigenvalue weighted by Gasteiger charge is -2.37. The predicted octanol–water partition coefficient (Wildman–Crippen LogP) is 9.42. The maximum absolute atomic E-state index is 6.32.